The third-order valence-electron chi connectivity index (χ3n) is 1.55. The third kappa shape index (κ3) is 14.7. The fraction of sp³-hybridized carbons (Fsp3) is 0.200. The minimum atomic E-state index is 0. The summed E-state index contributed by atoms with van der Waals surface area (Å²) in [5.74, 6) is 0. The van der Waals surface area contributed by atoms with Gasteiger partial charge in [0.1, 0.15) is 0 Å². The van der Waals surface area contributed by atoms with E-state index in [-0.39, 0.29) is 26.2 Å². The van der Waals surface area contributed by atoms with Crippen molar-refractivity contribution < 1.29 is 40.6 Å². The standard InChI is InChI=1S/C9H7.3C2H3O.Zr/c1-2-5-9-7-3-6-8(9)4-1;3*1-2-3;/h1-7H;3*1H3;/q4*-1;+4. The summed E-state index contributed by atoms with van der Waals surface area (Å²) in [5, 5.41) is 2.66. The Bertz CT molecular complexity index is 391. The summed E-state index contributed by atoms with van der Waals surface area (Å²) in [5.41, 5.74) is 0. The average Bonchev–Trinajstić information content (AvgIpc) is 2.80. The van der Waals surface area contributed by atoms with Crippen molar-refractivity contribution in [2.75, 3.05) is 0 Å². The largest absolute Gasteiger partial charge is 4.00 e. The molecule has 0 heterocycles. The van der Waals surface area contributed by atoms with Crippen LogP contribution in [0.4, 0.5) is 0 Å². The molecular formula is C15H16O3Zr. The van der Waals surface area contributed by atoms with Gasteiger partial charge in [0.05, 0.1) is 0 Å². The molecule has 0 atom stereocenters. The molecule has 0 unspecified atom stereocenters. The quantitative estimate of drug-likeness (QED) is 0.696. The molecule has 0 amide bonds. The van der Waals surface area contributed by atoms with Gasteiger partial charge in [0.2, 0.25) is 0 Å². The number of carbonyl (C=O) groups excluding carboxylic acids is 3. The molecule has 0 aliphatic carbocycles. The second-order valence-corrected chi connectivity index (χ2v) is 2.77. The van der Waals surface area contributed by atoms with E-state index in [9.17, 15) is 0 Å². The summed E-state index contributed by atoms with van der Waals surface area (Å²) in [6.07, 6.45) is 4.50. The number of benzene rings is 1. The van der Waals surface area contributed by atoms with Gasteiger partial charge in [-0.05, 0) is 0 Å². The summed E-state index contributed by atoms with van der Waals surface area (Å²) < 4.78 is 0. The number of fused-ring (bicyclic) bond motifs is 1. The molecule has 0 aromatic heterocycles. The van der Waals surface area contributed by atoms with Gasteiger partial charge in [-0.25, -0.2) is 0 Å². The summed E-state index contributed by atoms with van der Waals surface area (Å²) in [7, 11) is 0. The first-order valence-electron chi connectivity index (χ1n) is 5.18. The maximum atomic E-state index is 8.68. The normalized spacial score (nSPS) is 6.89. The van der Waals surface area contributed by atoms with Crippen molar-refractivity contribution in [3.05, 3.63) is 42.5 Å². The molecule has 19 heavy (non-hydrogen) atoms. The van der Waals surface area contributed by atoms with Crippen LogP contribution in [-0.4, -0.2) is 18.9 Å². The van der Waals surface area contributed by atoms with Crippen LogP contribution in [0.15, 0.2) is 42.5 Å². The summed E-state index contributed by atoms with van der Waals surface area (Å²) in [4.78, 5) is 26.0. The zero-order valence-corrected chi connectivity index (χ0v) is 13.7. The molecule has 98 valence electrons. The second kappa shape index (κ2) is 19.1. The van der Waals surface area contributed by atoms with Gasteiger partial charge in [-0.1, -0.05) is 6.07 Å². The van der Waals surface area contributed by atoms with E-state index in [1.54, 1.807) is 0 Å². The maximum Gasteiger partial charge on any atom is 4.00 e. The monoisotopic (exact) mass is 334 g/mol. The number of rotatable bonds is 0. The van der Waals surface area contributed by atoms with Gasteiger partial charge < -0.3 is 14.4 Å². The predicted octanol–water partition coefficient (Wildman–Crippen LogP) is 2.90. The van der Waals surface area contributed by atoms with Crippen molar-refractivity contribution in [1.82, 2.24) is 0 Å². The molecule has 0 spiro atoms. The minimum Gasteiger partial charge on any atom is -0.542 e. The van der Waals surface area contributed by atoms with Gasteiger partial charge in [-0.15, -0.1) is 29.7 Å². The maximum absolute atomic E-state index is 8.68. The molecule has 3 nitrogen and oxygen atoms in total. The fourth-order valence-corrected chi connectivity index (χ4v) is 1.07. The van der Waals surface area contributed by atoms with E-state index in [2.05, 4.69) is 42.5 Å². The van der Waals surface area contributed by atoms with E-state index in [4.69, 9.17) is 14.4 Å². The van der Waals surface area contributed by atoms with Crippen molar-refractivity contribution in [3.8, 4) is 0 Å². The predicted molar refractivity (Wildman–Crippen MR) is 73.6 cm³/mol. The molecule has 0 fully saturated rings. The molecule has 0 saturated carbocycles. The molecule has 2 aromatic carbocycles. The Morgan fingerprint density at radius 3 is 1.68 bits per heavy atom. The molecule has 0 aliphatic heterocycles. The Morgan fingerprint density at radius 1 is 0.842 bits per heavy atom. The summed E-state index contributed by atoms with van der Waals surface area (Å²) >= 11 is 0. The van der Waals surface area contributed by atoms with E-state index < -0.39 is 0 Å². The van der Waals surface area contributed by atoms with Crippen LogP contribution in [0.5, 0.6) is 0 Å². The molecule has 0 bridgehead atoms. The van der Waals surface area contributed by atoms with E-state index in [0.29, 0.717) is 0 Å². The minimum absolute atomic E-state index is 0. The zero-order valence-electron chi connectivity index (χ0n) is 11.3. The Hall–Kier alpha value is -1.28. The first-order chi connectivity index (χ1) is 8.71. The van der Waals surface area contributed by atoms with Crippen LogP contribution < -0.4 is 0 Å². The Labute approximate surface area is 133 Å². The van der Waals surface area contributed by atoms with Gasteiger partial charge in [-0.3, -0.25) is 18.9 Å². The van der Waals surface area contributed by atoms with Gasteiger partial charge in [0, 0.05) is 0 Å². The van der Waals surface area contributed by atoms with Gasteiger partial charge >= 0.3 is 26.2 Å². The molecule has 0 N–H and O–H groups in total. The number of hydrogen-bond acceptors (Lipinski definition) is 3. The van der Waals surface area contributed by atoms with Crippen LogP contribution in [0.25, 0.3) is 10.8 Å². The second-order valence-electron chi connectivity index (χ2n) is 2.77. The van der Waals surface area contributed by atoms with Crippen molar-refractivity contribution >= 4 is 29.6 Å². The Balaban J connectivity index is -0.000000220. The fourth-order valence-electron chi connectivity index (χ4n) is 1.07. The smallest absolute Gasteiger partial charge is 0.542 e. The van der Waals surface area contributed by atoms with Crippen molar-refractivity contribution in [3.63, 3.8) is 0 Å². The van der Waals surface area contributed by atoms with Crippen molar-refractivity contribution in [1.29, 1.82) is 0 Å². The van der Waals surface area contributed by atoms with Crippen LogP contribution in [-0.2, 0) is 40.6 Å². The van der Waals surface area contributed by atoms with Crippen LogP contribution in [0.3, 0.4) is 0 Å². The first kappa shape index (κ1) is 22.9. The molecule has 0 aliphatic rings. The van der Waals surface area contributed by atoms with Gasteiger partial charge in [0.15, 0.2) is 0 Å². The van der Waals surface area contributed by atoms with Crippen LogP contribution >= 0.6 is 0 Å². The van der Waals surface area contributed by atoms with Crippen molar-refractivity contribution in [2.45, 2.75) is 20.8 Å². The molecular weight excluding hydrogens is 319 g/mol. The molecule has 0 saturated heterocycles. The van der Waals surface area contributed by atoms with Crippen LogP contribution in [0, 0.1) is 0 Å². The van der Waals surface area contributed by atoms with Crippen molar-refractivity contribution in [2.24, 2.45) is 0 Å². The van der Waals surface area contributed by atoms with Crippen LogP contribution in [0.2, 0.25) is 0 Å². The SMILES string of the molecule is C[C-]=O.C[C-]=O.C[C-]=O.[Zr+4].c1ccc2[cH-]ccc2c1. The Morgan fingerprint density at radius 2 is 1.26 bits per heavy atom. The van der Waals surface area contributed by atoms with Crippen LogP contribution in [0.1, 0.15) is 20.8 Å². The summed E-state index contributed by atoms with van der Waals surface area (Å²) in [6.45, 7) is 3.96. The van der Waals surface area contributed by atoms with Gasteiger partial charge in [0.25, 0.3) is 0 Å². The third-order valence-corrected chi connectivity index (χ3v) is 1.55. The van der Waals surface area contributed by atoms with Gasteiger partial charge in [-0.2, -0.15) is 38.3 Å². The molecule has 2 rings (SSSR count). The zero-order chi connectivity index (χ0) is 14.2. The van der Waals surface area contributed by atoms with E-state index in [1.165, 1.54) is 50.4 Å². The Kier molecular flexibility index (Phi) is 23.0. The van der Waals surface area contributed by atoms with E-state index >= 15 is 0 Å². The molecule has 4 heteroatoms. The molecule has 0 radical (unpaired) electrons. The first-order valence-corrected chi connectivity index (χ1v) is 5.18. The average molecular weight is 336 g/mol. The topological polar surface area (TPSA) is 51.2 Å². The molecule has 2 aromatic rings. The summed E-state index contributed by atoms with van der Waals surface area (Å²) in [6, 6.07) is 14.7. The van der Waals surface area contributed by atoms with E-state index in [0.717, 1.165) is 0 Å². The van der Waals surface area contributed by atoms with E-state index in [1.807, 2.05) is 0 Å². The number of hydrogen-bond donors (Lipinski definition) is 0.